The van der Waals surface area contributed by atoms with Crippen molar-refractivity contribution in [2.45, 2.75) is 47.1 Å². The van der Waals surface area contributed by atoms with Crippen molar-refractivity contribution in [1.29, 1.82) is 0 Å². The molecule has 5 N–H and O–H groups in total. The summed E-state index contributed by atoms with van der Waals surface area (Å²) in [6.07, 6.45) is 0. The van der Waals surface area contributed by atoms with Crippen molar-refractivity contribution in [3.63, 3.8) is 0 Å². The highest BCUT2D eigenvalue weighted by atomic mass is 16.5. The molecule has 19 heavy (non-hydrogen) atoms. The standard InChI is InChI=1S/C10H25N3O.C2H7N.C2H6/c1-10(2,3)14-9-13(7-5-11)8-6-12-4;1-2-3;1-2/h12H,5-9,11H2,1-4H3;2-3H2,1H3;1-2H3. The van der Waals surface area contributed by atoms with E-state index >= 15 is 0 Å². The van der Waals surface area contributed by atoms with Crippen LogP contribution in [0, 0.1) is 0 Å². The quantitative estimate of drug-likeness (QED) is 0.611. The zero-order chi connectivity index (χ0) is 15.7. The van der Waals surface area contributed by atoms with Crippen molar-refractivity contribution in [2.75, 3.05) is 46.5 Å². The smallest absolute Gasteiger partial charge is 0.0998 e. The molecule has 0 bridgehead atoms. The number of hydrogen-bond acceptors (Lipinski definition) is 5. The fourth-order valence-corrected chi connectivity index (χ4v) is 0.978. The van der Waals surface area contributed by atoms with Crippen LogP contribution in [0.2, 0.25) is 0 Å². The summed E-state index contributed by atoms with van der Waals surface area (Å²) in [5.74, 6) is 0. The molecular weight excluding hydrogens is 240 g/mol. The van der Waals surface area contributed by atoms with Crippen molar-refractivity contribution in [3.05, 3.63) is 0 Å². The number of nitrogens with two attached hydrogens (primary N) is 2. The Balaban J connectivity index is -0.000000445. The highest BCUT2D eigenvalue weighted by molar-refractivity contribution is 4.61. The van der Waals surface area contributed by atoms with Gasteiger partial charge in [0.15, 0.2) is 0 Å². The Kier molecular flexibility index (Phi) is 22.4. The van der Waals surface area contributed by atoms with Gasteiger partial charge in [0.2, 0.25) is 0 Å². The number of nitrogens with zero attached hydrogens (tertiary/aromatic N) is 1. The minimum Gasteiger partial charge on any atom is -0.360 e. The van der Waals surface area contributed by atoms with Crippen LogP contribution in [0.5, 0.6) is 0 Å². The van der Waals surface area contributed by atoms with Crippen molar-refractivity contribution in [2.24, 2.45) is 11.5 Å². The molecule has 0 aliphatic rings. The van der Waals surface area contributed by atoms with Crippen LogP contribution in [0.1, 0.15) is 41.5 Å². The molecule has 0 rings (SSSR count). The van der Waals surface area contributed by atoms with Gasteiger partial charge in [0.05, 0.1) is 12.3 Å². The van der Waals surface area contributed by atoms with E-state index in [1.165, 1.54) is 0 Å². The van der Waals surface area contributed by atoms with Crippen LogP contribution in [-0.2, 0) is 4.74 Å². The Morgan fingerprint density at radius 1 is 1.11 bits per heavy atom. The largest absolute Gasteiger partial charge is 0.360 e. The van der Waals surface area contributed by atoms with Gasteiger partial charge in [0.25, 0.3) is 0 Å². The van der Waals surface area contributed by atoms with Crippen LogP contribution in [-0.4, -0.2) is 57.0 Å². The third kappa shape index (κ3) is 27.1. The van der Waals surface area contributed by atoms with Gasteiger partial charge in [-0.1, -0.05) is 20.8 Å². The summed E-state index contributed by atoms with van der Waals surface area (Å²) in [5, 5.41) is 3.12. The lowest BCUT2D eigenvalue weighted by Crippen LogP contribution is -2.38. The first kappa shape index (κ1) is 23.9. The van der Waals surface area contributed by atoms with Gasteiger partial charge < -0.3 is 21.5 Å². The molecule has 5 heteroatoms. The summed E-state index contributed by atoms with van der Waals surface area (Å²) in [6, 6.07) is 0. The van der Waals surface area contributed by atoms with Crippen LogP contribution in [0.15, 0.2) is 0 Å². The number of ether oxygens (including phenoxy) is 1. The molecule has 0 unspecified atom stereocenters. The second-order valence-electron chi connectivity index (χ2n) is 4.80. The van der Waals surface area contributed by atoms with Crippen molar-refractivity contribution in [1.82, 2.24) is 10.2 Å². The van der Waals surface area contributed by atoms with Crippen LogP contribution >= 0.6 is 0 Å². The molecule has 0 aliphatic heterocycles. The average molecular weight is 278 g/mol. The lowest BCUT2D eigenvalue weighted by molar-refractivity contribution is -0.0620. The molecule has 0 saturated carbocycles. The molecule has 0 saturated heterocycles. The molecule has 0 heterocycles. The van der Waals surface area contributed by atoms with E-state index < -0.39 is 0 Å². The summed E-state index contributed by atoms with van der Waals surface area (Å²) >= 11 is 0. The Morgan fingerprint density at radius 3 is 1.89 bits per heavy atom. The van der Waals surface area contributed by atoms with E-state index in [0.717, 1.165) is 26.2 Å². The lowest BCUT2D eigenvalue weighted by atomic mass is 10.2. The van der Waals surface area contributed by atoms with Crippen LogP contribution < -0.4 is 16.8 Å². The summed E-state index contributed by atoms with van der Waals surface area (Å²) in [7, 11) is 1.95. The Hall–Kier alpha value is -0.200. The average Bonchev–Trinajstić information content (AvgIpc) is 2.35. The predicted octanol–water partition coefficient (Wildman–Crippen LogP) is 1.23. The third-order valence-corrected chi connectivity index (χ3v) is 1.80. The lowest BCUT2D eigenvalue weighted by Gasteiger charge is -2.27. The monoisotopic (exact) mass is 278 g/mol. The second-order valence-corrected chi connectivity index (χ2v) is 4.80. The number of likely N-dealkylation sites (N-methyl/N-ethyl adjacent to an activating group) is 1. The number of rotatable bonds is 7. The van der Waals surface area contributed by atoms with Gasteiger partial charge in [-0.2, -0.15) is 0 Å². The molecular formula is C14H38N4O. The predicted molar refractivity (Wildman–Crippen MR) is 86.3 cm³/mol. The van der Waals surface area contributed by atoms with E-state index in [1.807, 2.05) is 27.8 Å². The van der Waals surface area contributed by atoms with E-state index in [4.69, 9.17) is 16.2 Å². The normalized spacial score (nSPS) is 10.4. The summed E-state index contributed by atoms with van der Waals surface area (Å²) in [6.45, 7) is 17.0. The third-order valence-electron chi connectivity index (χ3n) is 1.80. The summed E-state index contributed by atoms with van der Waals surface area (Å²) < 4.78 is 5.68. The zero-order valence-corrected chi connectivity index (χ0v) is 14.3. The second kappa shape index (κ2) is 17.8. The van der Waals surface area contributed by atoms with Crippen LogP contribution in [0.3, 0.4) is 0 Å². The summed E-state index contributed by atoms with van der Waals surface area (Å²) in [4.78, 5) is 2.21. The van der Waals surface area contributed by atoms with Gasteiger partial charge in [-0.3, -0.25) is 4.90 Å². The number of hydrogen-bond donors (Lipinski definition) is 3. The molecule has 0 aliphatic carbocycles. The number of nitrogens with one attached hydrogen (secondary N) is 1. The van der Waals surface area contributed by atoms with Crippen molar-refractivity contribution >= 4 is 0 Å². The Bertz CT molecular complexity index is 149. The first-order chi connectivity index (χ1) is 8.91. The molecule has 0 spiro atoms. The minimum atomic E-state index is -0.0769. The topological polar surface area (TPSA) is 76.5 Å². The maximum Gasteiger partial charge on any atom is 0.0998 e. The summed E-state index contributed by atoms with van der Waals surface area (Å²) in [5.41, 5.74) is 10.3. The fourth-order valence-electron chi connectivity index (χ4n) is 0.978. The van der Waals surface area contributed by atoms with Gasteiger partial charge in [0, 0.05) is 26.2 Å². The van der Waals surface area contributed by atoms with E-state index in [-0.39, 0.29) is 5.60 Å². The molecule has 120 valence electrons. The molecule has 0 aromatic carbocycles. The molecule has 0 aromatic rings. The first-order valence-corrected chi connectivity index (χ1v) is 7.32. The highest BCUT2D eigenvalue weighted by Gasteiger charge is 2.12. The van der Waals surface area contributed by atoms with Crippen LogP contribution in [0.4, 0.5) is 0 Å². The zero-order valence-electron chi connectivity index (χ0n) is 14.3. The first-order valence-electron chi connectivity index (χ1n) is 7.32. The molecule has 0 radical (unpaired) electrons. The molecule has 0 amide bonds. The van der Waals surface area contributed by atoms with Crippen molar-refractivity contribution in [3.8, 4) is 0 Å². The van der Waals surface area contributed by atoms with Gasteiger partial charge in [-0.05, 0) is 34.4 Å². The van der Waals surface area contributed by atoms with Crippen molar-refractivity contribution < 1.29 is 4.74 Å². The van der Waals surface area contributed by atoms with Gasteiger partial charge in [-0.15, -0.1) is 0 Å². The molecule has 0 fully saturated rings. The Morgan fingerprint density at radius 2 is 1.58 bits per heavy atom. The Labute approximate surface area is 121 Å². The molecule has 0 aromatic heterocycles. The van der Waals surface area contributed by atoms with E-state index in [9.17, 15) is 0 Å². The maximum absolute atomic E-state index is 5.68. The fraction of sp³-hybridized carbons (Fsp3) is 1.00. The molecule has 0 atom stereocenters. The maximum atomic E-state index is 5.68. The molecule has 5 nitrogen and oxygen atoms in total. The van der Waals surface area contributed by atoms with Gasteiger partial charge >= 0.3 is 0 Å². The van der Waals surface area contributed by atoms with E-state index in [1.54, 1.807) is 0 Å². The highest BCUT2D eigenvalue weighted by Crippen LogP contribution is 2.06. The van der Waals surface area contributed by atoms with Crippen LogP contribution in [0.25, 0.3) is 0 Å². The van der Waals surface area contributed by atoms with E-state index in [0.29, 0.717) is 13.3 Å². The minimum absolute atomic E-state index is 0.0769. The van der Waals surface area contributed by atoms with E-state index in [2.05, 4.69) is 31.0 Å². The van der Waals surface area contributed by atoms with Gasteiger partial charge in [-0.25, -0.2) is 0 Å². The van der Waals surface area contributed by atoms with Gasteiger partial charge in [0.1, 0.15) is 0 Å². The SMILES string of the molecule is CC.CCN.CNCCN(CCN)COC(C)(C)C.